The maximum atomic E-state index is 13.2. The van der Waals surface area contributed by atoms with Crippen molar-refractivity contribution in [2.24, 2.45) is 12.0 Å². The third kappa shape index (κ3) is 3.78. The maximum absolute atomic E-state index is 13.2. The Labute approximate surface area is 163 Å². The molecule has 7 heteroatoms. The molecular formula is C20H19BrF3N3. The van der Waals surface area contributed by atoms with E-state index in [9.17, 15) is 13.2 Å². The van der Waals surface area contributed by atoms with Gasteiger partial charge in [0.05, 0.1) is 17.1 Å². The number of nitrogens with zero attached hydrogens (tertiary/aromatic N) is 3. The molecule has 0 N–H and O–H groups in total. The smallest absolute Gasteiger partial charge is 0.332 e. The highest BCUT2D eigenvalue weighted by Crippen LogP contribution is 2.35. The standard InChI is InChI=1S/C20H19BrF3N3/c1-11-15(6-5-7-17(11)20(22,23)24)12(2)25-19-16-10-14(21)8-9-18(16)27(4)13(3)26-19/h5-10,12H,1-4H3/b25-19-/t12-/m1/s1. The molecule has 0 bridgehead atoms. The van der Waals surface area contributed by atoms with E-state index in [0.29, 0.717) is 11.1 Å². The largest absolute Gasteiger partial charge is 0.416 e. The second kappa shape index (κ2) is 7.11. The highest BCUT2D eigenvalue weighted by atomic mass is 79.9. The number of aryl methyl sites for hydroxylation is 2. The van der Waals surface area contributed by atoms with Crippen LogP contribution >= 0.6 is 15.9 Å². The summed E-state index contributed by atoms with van der Waals surface area (Å²) in [6.45, 7) is 5.15. The predicted octanol–water partition coefficient (Wildman–Crippen LogP) is 5.63. The summed E-state index contributed by atoms with van der Waals surface area (Å²) in [6.07, 6.45) is -4.38. The van der Waals surface area contributed by atoms with E-state index in [-0.39, 0.29) is 5.56 Å². The van der Waals surface area contributed by atoms with Crippen molar-refractivity contribution in [1.82, 2.24) is 9.55 Å². The summed E-state index contributed by atoms with van der Waals surface area (Å²) in [7, 11) is 1.92. The lowest BCUT2D eigenvalue weighted by Gasteiger charge is -2.16. The molecule has 0 spiro atoms. The Balaban J connectivity index is 2.21. The Hall–Kier alpha value is -2.15. The molecular weight excluding hydrogens is 419 g/mol. The van der Waals surface area contributed by atoms with Gasteiger partial charge in [-0.05, 0) is 56.2 Å². The molecule has 3 aromatic rings. The minimum Gasteiger partial charge on any atom is -0.332 e. The van der Waals surface area contributed by atoms with Crippen molar-refractivity contribution in [3.63, 3.8) is 0 Å². The lowest BCUT2D eigenvalue weighted by molar-refractivity contribution is -0.138. The first-order valence-electron chi connectivity index (χ1n) is 8.43. The summed E-state index contributed by atoms with van der Waals surface area (Å²) in [6, 6.07) is 9.57. The topological polar surface area (TPSA) is 30.2 Å². The van der Waals surface area contributed by atoms with Gasteiger partial charge in [0.25, 0.3) is 0 Å². The third-order valence-electron chi connectivity index (χ3n) is 4.76. The number of alkyl halides is 3. The first kappa shape index (κ1) is 19.6. The Morgan fingerprint density at radius 2 is 1.85 bits per heavy atom. The molecule has 0 fully saturated rings. The van der Waals surface area contributed by atoms with Crippen molar-refractivity contribution in [3.8, 4) is 0 Å². The molecule has 0 saturated heterocycles. The Morgan fingerprint density at radius 3 is 2.52 bits per heavy atom. The van der Waals surface area contributed by atoms with E-state index in [1.807, 2.05) is 36.7 Å². The summed E-state index contributed by atoms with van der Waals surface area (Å²) in [5.41, 5.74) is 1.59. The second-order valence-corrected chi connectivity index (χ2v) is 7.44. The van der Waals surface area contributed by atoms with Gasteiger partial charge >= 0.3 is 6.18 Å². The number of hydrogen-bond acceptors (Lipinski definition) is 2. The molecule has 2 aromatic carbocycles. The van der Waals surface area contributed by atoms with Crippen LogP contribution in [-0.4, -0.2) is 9.55 Å². The van der Waals surface area contributed by atoms with E-state index in [2.05, 4.69) is 25.9 Å². The van der Waals surface area contributed by atoms with Crippen LogP contribution < -0.4 is 5.49 Å². The van der Waals surface area contributed by atoms with Crippen LogP contribution in [0.5, 0.6) is 0 Å². The van der Waals surface area contributed by atoms with Crippen LogP contribution in [0.3, 0.4) is 0 Å². The van der Waals surface area contributed by atoms with Crippen molar-refractivity contribution < 1.29 is 13.2 Å². The monoisotopic (exact) mass is 437 g/mol. The minimum atomic E-state index is -4.38. The molecule has 27 heavy (non-hydrogen) atoms. The predicted molar refractivity (Wildman–Crippen MR) is 103 cm³/mol. The molecule has 0 amide bonds. The van der Waals surface area contributed by atoms with Gasteiger partial charge in [0.15, 0.2) is 5.49 Å². The minimum absolute atomic E-state index is 0.199. The van der Waals surface area contributed by atoms with Crippen molar-refractivity contribution in [3.05, 3.63) is 68.9 Å². The van der Waals surface area contributed by atoms with Crippen LogP contribution in [0.2, 0.25) is 0 Å². The highest BCUT2D eigenvalue weighted by molar-refractivity contribution is 9.10. The Bertz CT molecular complexity index is 1080. The maximum Gasteiger partial charge on any atom is 0.416 e. The number of rotatable bonds is 2. The first-order valence-corrected chi connectivity index (χ1v) is 9.22. The van der Waals surface area contributed by atoms with Gasteiger partial charge in [-0.2, -0.15) is 13.2 Å². The third-order valence-corrected chi connectivity index (χ3v) is 5.25. The summed E-state index contributed by atoms with van der Waals surface area (Å²) < 4.78 is 42.5. The fourth-order valence-corrected chi connectivity index (χ4v) is 3.57. The summed E-state index contributed by atoms with van der Waals surface area (Å²) in [5.74, 6) is 0.775. The van der Waals surface area contributed by atoms with Crippen LogP contribution in [0, 0.1) is 13.8 Å². The zero-order valence-corrected chi connectivity index (χ0v) is 17.0. The number of fused-ring (bicyclic) bond motifs is 1. The van der Waals surface area contributed by atoms with Crippen molar-refractivity contribution in [1.29, 1.82) is 0 Å². The van der Waals surface area contributed by atoms with E-state index in [1.54, 1.807) is 13.0 Å². The van der Waals surface area contributed by atoms with Gasteiger partial charge in [0.2, 0.25) is 0 Å². The fraction of sp³-hybridized carbons (Fsp3) is 0.300. The van der Waals surface area contributed by atoms with Gasteiger partial charge in [-0.25, -0.2) is 4.98 Å². The van der Waals surface area contributed by atoms with Gasteiger partial charge in [0, 0.05) is 16.9 Å². The molecule has 0 unspecified atom stereocenters. The normalized spacial score (nSPS) is 14.0. The van der Waals surface area contributed by atoms with E-state index in [0.717, 1.165) is 27.3 Å². The van der Waals surface area contributed by atoms with E-state index < -0.39 is 17.8 Å². The van der Waals surface area contributed by atoms with Crippen LogP contribution in [0.1, 0.15) is 35.5 Å². The second-order valence-electron chi connectivity index (χ2n) is 6.53. The number of halogens is 4. The van der Waals surface area contributed by atoms with Crippen LogP contribution in [0.15, 0.2) is 45.9 Å². The van der Waals surface area contributed by atoms with Crippen molar-refractivity contribution >= 4 is 26.8 Å². The number of aromatic nitrogens is 2. The van der Waals surface area contributed by atoms with E-state index in [1.165, 1.54) is 13.0 Å². The molecule has 142 valence electrons. The van der Waals surface area contributed by atoms with Gasteiger partial charge in [-0.3, -0.25) is 4.99 Å². The highest BCUT2D eigenvalue weighted by Gasteiger charge is 2.33. The van der Waals surface area contributed by atoms with Gasteiger partial charge < -0.3 is 4.57 Å². The molecule has 0 aliphatic carbocycles. The number of hydrogen-bond donors (Lipinski definition) is 0. The van der Waals surface area contributed by atoms with Crippen molar-refractivity contribution in [2.75, 3.05) is 0 Å². The lowest BCUT2D eigenvalue weighted by Crippen LogP contribution is -2.18. The van der Waals surface area contributed by atoms with Crippen LogP contribution in [0.25, 0.3) is 10.9 Å². The summed E-state index contributed by atoms with van der Waals surface area (Å²) >= 11 is 3.46. The fourth-order valence-electron chi connectivity index (χ4n) is 3.21. The lowest BCUT2D eigenvalue weighted by atomic mass is 9.97. The number of benzene rings is 2. The summed E-state index contributed by atoms with van der Waals surface area (Å²) in [5, 5.41) is 0.842. The molecule has 0 aliphatic heterocycles. The molecule has 1 heterocycles. The molecule has 3 nitrogen and oxygen atoms in total. The Kier molecular flexibility index (Phi) is 5.16. The van der Waals surface area contributed by atoms with Crippen molar-refractivity contribution in [2.45, 2.75) is 33.0 Å². The molecule has 1 atom stereocenters. The van der Waals surface area contributed by atoms with Gasteiger partial charge in [0.1, 0.15) is 5.82 Å². The molecule has 0 radical (unpaired) electrons. The average Bonchev–Trinajstić information content (AvgIpc) is 2.58. The quantitative estimate of drug-likeness (QED) is 0.510. The molecule has 1 aromatic heterocycles. The van der Waals surface area contributed by atoms with Crippen LogP contribution in [-0.2, 0) is 13.2 Å². The zero-order chi connectivity index (χ0) is 19.9. The van der Waals surface area contributed by atoms with E-state index >= 15 is 0 Å². The van der Waals surface area contributed by atoms with Crippen LogP contribution in [0.4, 0.5) is 13.2 Å². The van der Waals surface area contributed by atoms with Gasteiger partial charge in [-0.15, -0.1) is 0 Å². The molecule has 0 aliphatic rings. The molecule has 0 saturated carbocycles. The summed E-state index contributed by atoms with van der Waals surface area (Å²) in [4.78, 5) is 9.23. The van der Waals surface area contributed by atoms with Gasteiger partial charge in [-0.1, -0.05) is 28.1 Å². The average molecular weight is 438 g/mol. The Morgan fingerprint density at radius 1 is 1.15 bits per heavy atom. The zero-order valence-electron chi connectivity index (χ0n) is 15.4. The SMILES string of the molecule is Cc1c([C@@H](C)/N=c2\nc(C)n(C)c3ccc(Br)cc23)cccc1C(F)(F)F. The van der Waals surface area contributed by atoms with E-state index in [4.69, 9.17) is 0 Å². The molecule has 3 rings (SSSR count). The first-order chi connectivity index (χ1) is 12.6.